The van der Waals surface area contributed by atoms with E-state index in [0.29, 0.717) is 44.3 Å². The summed E-state index contributed by atoms with van der Waals surface area (Å²) in [5, 5.41) is 0. The molecule has 0 N–H and O–H groups in total. The Morgan fingerprint density at radius 1 is 1.35 bits per heavy atom. The van der Waals surface area contributed by atoms with E-state index in [1.165, 1.54) is 0 Å². The smallest absolute Gasteiger partial charge is 0.409 e. The van der Waals surface area contributed by atoms with Gasteiger partial charge in [0.05, 0.1) is 18.8 Å². The molecule has 2 fully saturated rings. The quantitative estimate of drug-likeness (QED) is 0.804. The molecule has 0 bridgehead atoms. The summed E-state index contributed by atoms with van der Waals surface area (Å²) < 4.78 is 10.6. The Hall–Kier alpha value is -2.15. The van der Waals surface area contributed by atoms with Gasteiger partial charge < -0.3 is 19.3 Å². The summed E-state index contributed by atoms with van der Waals surface area (Å²) in [5.41, 5.74) is 0.610. The lowest BCUT2D eigenvalue weighted by molar-refractivity contribution is 0.0486. The highest BCUT2D eigenvalue weighted by atomic mass is 16.6. The van der Waals surface area contributed by atoms with Crippen LogP contribution in [0.5, 0.6) is 0 Å². The summed E-state index contributed by atoms with van der Waals surface area (Å²) in [7, 11) is 0. The van der Waals surface area contributed by atoms with Crippen molar-refractivity contribution in [1.29, 1.82) is 0 Å². The highest BCUT2D eigenvalue weighted by molar-refractivity contribution is 5.94. The van der Waals surface area contributed by atoms with Gasteiger partial charge in [-0.2, -0.15) is 0 Å². The Morgan fingerprint density at radius 3 is 2.77 bits per heavy atom. The number of carbonyl (C=O) groups excluding carboxylic acids is 2. The molecule has 7 nitrogen and oxygen atoms in total. The first-order valence-corrected chi connectivity index (χ1v) is 9.39. The number of carbonyl (C=O) groups is 2. The molecule has 26 heavy (non-hydrogen) atoms. The summed E-state index contributed by atoms with van der Waals surface area (Å²) >= 11 is 0. The minimum absolute atomic E-state index is 0.0135. The number of hydrogen-bond acceptors (Lipinski definition) is 5. The zero-order valence-electron chi connectivity index (χ0n) is 15.3. The van der Waals surface area contributed by atoms with Gasteiger partial charge in [0.2, 0.25) is 0 Å². The molecule has 0 aromatic carbocycles. The molecule has 0 aliphatic carbocycles. The lowest BCUT2D eigenvalue weighted by Crippen LogP contribution is -2.50. The number of hydrogen-bond donors (Lipinski definition) is 0. The average Bonchev–Trinajstić information content (AvgIpc) is 3.20. The fraction of sp³-hybridized carbons (Fsp3) is 0.632. The number of aromatic nitrogens is 1. The Labute approximate surface area is 154 Å². The Bertz CT molecular complexity index is 596. The molecule has 1 atom stereocenters. The molecular weight excluding hydrogens is 334 g/mol. The van der Waals surface area contributed by atoms with Crippen molar-refractivity contribution >= 4 is 12.0 Å². The van der Waals surface area contributed by atoms with Crippen molar-refractivity contribution in [2.75, 3.05) is 39.5 Å². The SMILES string of the molecule is CCOC(=O)N1CCC(N(C[C@@H]2CCOC2)C(=O)c2cccnc2)CC1. The molecule has 0 radical (unpaired) electrons. The molecule has 142 valence electrons. The third-order valence-electron chi connectivity index (χ3n) is 5.08. The van der Waals surface area contributed by atoms with Crippen molar-refractivity contribution in [3.63, 3.8) is 0 Å². The molecule has 2 amide bonds. The predicted molar refractivity (Wildman–Crippen MR) is 95.8 cm³/mol. The van der Waals surface area contributed by atoms with E-state index in [9.17, 15) is 9.59 Å². The minimum atomic E-state index is -0.264. The molecule has 2 saturated heterocycles. The fourth-order valence-corrected chi connectivity index (χ4v) is 3.63. The molecule has 0 unspecified atom stereocenters. The van der Waals surface area contributed by atoms with Crippen molar-refractivity contribution in [2.24, 2.45) is 5.92 Å². The molecule has 7 heteroatoms. The number of ether oxygens (including phenoxy) is 2. The van der Waals surface area contributed by atoms with Crippen LogP contribution in [-0.4, -0.2) is 72.3 Å². The van der Waals surface area contributed by atoms with E-state index in [-0.39, 0.29) is 18.0 Å². The maximum absolute atomic E-state index is 13.1. The van der Waals surface area contributed by atoms with E-state index in [0.717, 1.165) is 25.9 Å². The first kappa shape index (κ1) is 18.6. The number of likely N-dealkylation sites (tertiary alicyclic amines) is 1. The molecule has 0 saturated carbocycles. The van der Waals surface area contributed by atoms with E-state index >= 15 is 0 Å². The van der Waals surface area contributed by atoms with Gasteiger partial charge in [-0.1, -0.05) is 0 Å². The normalized spacial score (nSPS) is 20.8. The molecule has 1 aromatic heterocycles. The van der Waals surface area contributed by atoms with Crippen LogP contribution < -0.4 is 0 Å². The van der Waals surface area contributed by atoms with Crippen LogP contribution in [0.1, 0.15) is 36.5 Å². The van der Waals surface area contributed by atoms with Crippen LogP contribution in [0, 0.1) is 5.92 Å². The summed E-state index contributed by atoms with van der Waals surface area (Å²) in [6.07, 6.45) is 5.54. The third-order valence-corrected chi connectivity index (χ3v) is 5.08. The standard InChI is InChI=1S/C19H27N3O4/c1-2-26-19(24)21-9-5-17(6-10-21)22(13-15-7-11-25-14-15)18(23)16-4-3-8-20-12-16/h3-4,8,12,15,17H,2,5-7,9-11,13-14H2,1H3/t15-/m0/s1. The van der Waals surface area contributed by atoms with Gasteiger partial charge in [-0.15, -0.1) is 0 Å². The summed E-state index contributed by atoms with van der Waals surface area (Å²) in [6.45, 7) is 5.58. The molecule has 3 rings (SSSR count). The van der Waals surface area contributed by atoms with Gasteiger partial charge in [-0.3, -0.25) is 9.78 Å². The van der Waals surface area contributed by atoms with Gasteiger partial charge in [-0.25, -0.2) is 4.79 Å². The van der Waals surface area contributed by atoms with E-state index in [1.807, 2.05) is 11.8 Å². The van der Waals surface area contributed by atoms with Gasteiger partial charge >= 0.3 is 6.09 Å². The number of pyridine rings is 1. The number of nitrogens with zero attached hydrogens (tertiary/aromatic N) is 3. The fourth-order valence-electron chi connectivity index (χ4n) is 3.63. The Kier molecular flexibility index (Phi) is 6.44. The molecule has 0 spiro atoms. The maximum Gasteiger partial charge on any atom is 0.409 e. The van der Waals surface area contributed by atoms with Gasteiger partial charge in [0.1, 0.15) is 0 Å². The van der Waals surface area contributed by atoms with Crippen LogP contribution >= 0.6 is 0 Å². The first-order valence-electron chi connectivity index (χ1n) is 9.39. The number of rotatable bonds is 5. The van der Waals surface area contributed by atoms with Crippen molar-refractivity contribution in [3.05, 3.63) is 30.1 Å². The van der Waals surface area contributed by atoms with E-state index < -0.39 is 0 Å². The zero-order chi connectivity index (χ0) is 18.4. The second kappa shape index (κ2) is 8.98. The maximum atomic E-state index is 13.1. The van der Waals surface area contributed by atoms with Crippen LogP contribution in [0.15, 0.2) is 24.5 Å². The minimum Gasteiger partial charge on any atom is -0.450 e. The number of amides is 2. The van der Waals surface area contributed by atoms with Crippen LogP contribution in [0.25, 0.3) is 0 Å². The van der Waals surface area contributed by atoms with Crippen molar-refractivity contribution < 1.29 is 19.1 Å². The van der Waals surface area contributed by atoms with Crippen LogP contribution in [0.4, 0.5) is 4.79 Å². The van der Waals surface area contributed by atoms with Crippen LogP contribution in [0.2, 0.25) is 0 Å². The topological polar surface area (TPSA) is 72.0 Å². The molecule has 2 aliphatic heterocycles. The lowest BCUT2D eigenvalue weighted by Gasteiger charge is -2.39. The lowest BCUT2D eigenvalue weighted by atomic mass is 9.99. The van der Waals surface area contributed by atoms with Gasteiger partial charge in [0, 0.05) is 50.6 Å². The average molecular weight is 361 g/mol. The largest absolute Gasteiger partial charge is 0.450 e. The molecule has 2 aliphatic rings. The van der Waals surface area contributed by atoms with E-state index in [2.05, 4.69) is 4.98 Å². The molecule has 3 heterocycles. The highest BCUT2D eigenvalue weighted by Gasteiger charge is 2.32. The molecule has 1 aromatic rings. The van der Waals surface area contributed by atoms with E-state index in [4.69, 9.17) is 9.47 Å². The van der Waals surface area contributed by atoms with Crippen LogP contribution in [0.3, 0.4) is 0 Å². The summed E-state index contributed by atoms with van der Waals surface area (Å²) in [6, 6.07) is 3.71. The summed E-state index contributed by atoms with van der Waals surface area (Å²) in [4.78, 5) is 32.8. The predicted octanol–water partition coefficient (Wildman–Crippen LogP) is 2.18. The Morgan fingerprint density at radius 2 is 2.15 bits per heavy atom. The van der Waals surface area contributed by atoms with Crippen LogP contribution in [-0.2, 0) is 9.47 Å². The number of piperidine rings is 1. The second-order valence-electron chi connectivity index (χ2n) is 6.85. The van der Waals surface area contributed by atoms with Gasteiger partial charge in [0.25, 0.3) is 5.91 Å². The third kappa shape index (κ3) is 4.52. The molecular formula is C19H27N3O4. The summed E-state index contributed by atoms with van der Waals surface area (Å²) in [5.74, 6) is 0.387. The first-order chi connectivity index (χ1) is 12.7. The second-order valence-corrected chi connectivity index (χ2v) is 6.85. The van der Waals surface area contributed by atoms with Crippen molar-refractivity contribution in [1.82, 2.24) is 14.8 Å². The van der Waals surface area contributed by atoms with E-state index in [1.54, 1.807) is 29.4 Å². The van der Waals surface area contributed by atoms with Crippen molar-refractivity contribution in [3.8, 4) is 0 Å². The van der Waals surface area contributed by atoms with Gasteiger partial charge in [0.15, 0.2) is 0 Å². The van der Waals surface area contributed by atoms with Gasteiger partial charge in [-0.05, 0) is 38.3 Å². The monoisotopic (exact) mass is 361 g/mol. The Balaban J connectivity index is 1.67. The highest BCUT2D eigenvalue weighted by Crippen LogP contribution is 2.23. The van der Waals surface area contributed by atoms with Crippen molar-refractivity contribution in [2.45, 2.75) is 32.2 Å². The zero-order valence-corrected chi connectivity index (χ0v) is 15.3.